The molecule has 0 aliphatic rings. The van der Waals surface area contributed by atoms with Crippen LogP contribution in [0.25, 0.3) is 10.9 Å². The highest BCUT2D eigenvalue weighted by Crippen LogP contribution is 2.42. The molecule has 1 aromatic carbocycles. The number of aryl methyl sites for hydroxylation is 1. The number of fused-ring (bicyclic) bond motifs is 1. The van der Waals surface area contributed by atoms with Gasteiger partial charge in [0.25, 0.3) is 0 Å². The third-order valence-electron chi connectivity index (χ3n) is 3.84. The molecule has 3 aromatic rings. The molecule has 0 atom stereocenters. The maximum absolute atomic E-state index is 14.3. The van der Waals surface area contributed by atoms with Crippen LogP contribution in [-0.4, -0.2) is 28.3 Å². The molecule has 26 heavy (non-hydrogen) atoms. The van der Waals surface area contributed by atoms with Crippen molar-refractivity contribution in [3.05, 3.63) is 45.7 Å². The summed E-state index contributed by atoms with van der Waals surface area (Å²) in [5.41, 5.74) is 1.55. The third kappa shape index (κ3) is 3.75. The van der Waals surface area contributed by atoms with E-state index in [9.17, 15) is 8.96 Å². The molecule has 3 rings (SSSR count). The summed E-state index contributed by atoms with van der Waals surface area (Å²) in [6.07, 6.45) is 2.00. The van der Waals surface area contributed by atoms with Crippen LogP contribution in [-0.2, 0) is 11.0 Å². The van der Waals surface area contributed by atoms with Gasteiger partial charge in [-0.1, -0.05) is 6.92 Å². The van der Waals surface area contributed by atoms with Gasteiger partial charge in [0.2, 0.25) is 5.28 Å². The van der Waals surface area contributed by atoms with E-state index in [1.54, 1.807) is 25.5 Å². The van der Waals surface area contributed by atoms with E-state index in [-0.39, 0.29) is 5.28 Å². The van der Waals surface area contributed by atoms with E-state index in [4.69, 9.17) is 11.6 Å². The molecule has 0 spiro atoms. The van der Waals surface area contributed by atoms with Crippen molar-refractivity contribution >= 4 is 62.4 Å². The zero-order valence-corrected chi connectivity index (χ0v) is 17.6. The van der Waals surface area contributed by atoms with Gasteiger partial charge >= 0.3 is 0 Å². The van der Waals surface area contributed by atoms with Gasteiger partial charge in [0.05, 0.1) is 21.4 Å². The van der Waals surface area contributed by atoms with Gasteiger partial charge in [0, 0.05) is 16.9 Å². The van der Waals surface area contributed by atoms with Crippen molar-refractivity contribution in [1.29, 1.82) is 0 Å². The first-order valence-electron chi connectivity index (χ1n) is 7.83. The molecule has 2 heterocycles. The molecule has 0 radical (unpaired) electrons. The summed E-state index contributed by atoms with van der Waals surface area (Å²) in [5.74, 6) is 0.0239. The van der Waals surface area contributed by atoms with Crippen LogP contribution in [0.15, 0.2) is 28.9 Å². The Balaban J connectivity index is 2.25. The molecule has 0 unspecified atom stereocenters. The summed E-state index contributed by atoms with van der Waals surface area (Å²) in [6, 6.07) is 4.94. The van der Waals surface area contributed by atoms with Crippen LogP contribution in [0.1, 0.15) is 12.6 Å². The molecule has 136 valence electrons. The van der Waals surface area contributed by atoms with Crippen LogP contribution >= 0.6 is 34.7 Å². The van der Waals surface area contributed by atoms with Gasteiger partial charge in [-0.15, -0.1) is 0 Å². The molecule has 0 aliphatic carbocycles. The highest BCUT2D eigenvalue weighted by Gasteiger charge is 2.22. The highest BCUT2D eigenvalue weighted by molar-refractivity contribution is 9.10. The fourth-order valence-electron chi connectivity index (χ4n) is 2.74. The van der Waals surface area contributed by atoms with Gasteiger partial charge in [-0.25, -0.2) is 14.4 Å². The number of pyridine rings is 1. The molecule has 1 N–H and O–H groups in total. The highest BCUT2D eigenvalue weighted by atomic mass is 79.9. The summed E-state index contributed by atoms with van der Waals surface area (Å²) >= 11 is 9.22. The Morgan fingerprint density at radius 2 is 2.04 bits per heavy atom. The van der Waals surface area contributed by atoms with E-state index in [0.717, 1.165) is 0 Å². The molecular weight excluding hydrogens is 442 g/mol. The lowest BCUT2D eigenvalue weighted by atomic mass is 10.1. The Morgan fingerprint density at radius 1 is 1.31 bits per heavy atom. The normalized spacial score (nSPS) is 11.8. The van der Waals surface area contributed by atoms with Gasteiger partial charge in [-0.2, -0.15) is 4.98 Å². The smallest absolute Gasteiger partial charge is 0.224 e. The van der Waals surface area contributed by atoms with E-state index in [0.29, 0.717) is 44.3 Å². The summed E-state index contributed by atoms with van der Waals surface area (Å²) in [5, 5.41) is 4.24. The Kier molecular flexibility index (Phi) is 5.33. The number of rotatable bonds is 4. The Labute approximate surface area is 163 Å². The van der Waals surface area contributed by atoms with Crippen molar-refractivity contribution in [3.8, 4) is 0 Å². The van der Waals surface area contributed by atoms with Gasteiger partial charge in [0.1, 0.15) is 18.8 Å². The van der Waals surface area contributed by atoms with Crippen LogP contribution in [0.4, 0.5) is 15.9 Å². The van der Waals surface area contributed by atoms with Crippen molar-refractivity contribution in [2.24, 2.45) is 0 Å². The zero-order chi connectivity index (χ0) is 19.1. The number of aromatic nitrogens is 3. The Hall–Kier alpha value is -1.56. The number of hydrogen-bond donors (Lipinski definition) is 1. The fourth-order valence-corrected chi connectivity index (χ4v) is 4.63. The molecular formula is C17H16BrClFN4OP. The average molecular weight is 458 g/mol. The van der Waals surface area contributed by atoms with Gasteiger partial charge in [-0.05, 0) is 65.5 Å². The summed E-state index contributed by atoms with van der Waals surface area (Å²) in [6.45, 7) is 5.12. The van der Waals surface area contributed by atoms with E-state index < -0.39 is 13.0 Å². The van der Waals surface area contributed by atoms with Crippen molar-refractivity contribution in [1.82, 2.24) is 15.0 Å². The molecule has 0 aliphatic heterocycles. The van der Waals surface area contributed by atoms with Crippen LogP contribution in [0.5, 0.6) is 0 Å². The first kappa shape index (κ1) is 19.2. The molecule has 2 aromatic heterocycles. The second kappa shape index (κ2) is 7.22. The van der Waals surface area contributed by atoms with Crippen molar-refractivity contribution in [3.63, 3.8) is 0 Å². The lowest BCUT2D eigenvalue weighted by Crippen LogP contribution is -2.13. The number of halogens is 3. The maximum Gasteiger partial charge on any atom is 0.224 e. The van der Waals surface area contributed by atoms with Gasteiger partial charge in [0.15, 0.2) is 0 Å². The lowest BCUT2D eigenvalue weighted by molar-refractivity contribution is 0.588. The first-order chi connectivity index (χ1) is 12.2. The molecule has 0 amide bonds. The number of benzene rings is 1. The quantitative estimate of drug-likeness (QED) is 0.434. The molecule has 0 saturated carbocycles. The number of anilines is 2. The third-order valence-corrected chi connectivity index (χ3v) is 6.16. The van der Waals surface area contributed by atoms with E-state index in [1.807, 2.05) is 6.92 Å². The zero-order valence-electron chi connectivity index (χ0n) is 14.3. The summed E-state index contributed by atoms with van der Waals surface area (Å²) < 4.78 is 27.9. The van der Waals surface area contributed by atoms with Crippen molar-refractivity contribution in [2.75, 3.05) is 18.6 Å². The van der Waals surface area contributed by atoms with Crippen LogP contribution in [0, 0.1) is 5.82 Å². The monoisotopic (exact) mass is 456 g/mol. The molecule has 0 bridgehead atoms. The molecule has 0 fully saturated rings. The number of nitrogens with one attached hydrogen (secondary N) is 1. The van der Waals surface area contributed by atoms with Crippen molar-refractivity contribution in [2.45, 2.75) is 13.3 Å². The average Bonchev–Trinajstić information content (AvgIpc) is 2.56. The van der Waals surface area contributed by atoms with Crippen LogP contribution < -0.4 is 10.6 Å². The van der Waals surface area contributed by atoms with E-state index in [1.165, 1.54) is 12.3 Å². The van der Waals surface area contributed by atoms with Crippen molar-refractivity contribution < 1.29 is 8.96 Å². The minimum absolute atomic E-state index is 0.0783. The van der Waals surface area contributed by atoms with Crippen LogP contribution in [0.3, 0.4) is 0 Å². The van der Waals surface area contributed by atoms with E-state index >= 15 is 0 Å². The Bertz CT molecular complexity index is 1060. The SMILES string of the molecule is CCc1nc2ccc(Nc3nc(Cl)ncc3Br)c(P(C)(C)=O)c2cc1F. The maximum atomic E-state index is 14.3. The van der Waals surface area contributed by atoms with E-state index in [2.05, 4.69) is 36.2 Å². The molecule has 9 heteroatoms. The van der Waals surface area contributed by atoms with Gasteiger partial charge in [-0.3, -0.25) is 0 Å². The number of nitrogens with zero attached hydrogens (tertiary/aromatic N) is 3. The van der Waals surface area contributed by atoms with Gasteiger partial charge < -0.3 is 9.88 Å². The molecule has 0 saturated heterocycles. The second-order valence-corrected chi connectivity index (χ2v) is 10.5. The predicted molar refractivity (Wildman–Crippen MR) is 108 cm³/mol. The first-order valence-corrected chi connectivity index (χ1v) is 11.6. The second-order valence-electron chi connectivity index (χ2n) is 6.11. The Morgan fingerprint density at radius 3 is 2.69 bits per heavy atom. The number of hydrogen-bond acceptors (Lipinski definition) is 5. The minimum atomic E-state index is -2.77. The summed E-state index contributed by atoms with van der Waals surface area (Å²) in [4.78, 5) is 12.4. The standard InChI is InChI=1S/C17H16BrClFN4OP/c1-4-12-11(20)7-9-13(22-12)5-6-14(15(9)26(2,3)25)23-16-10(18)8-21-17(19)24-16/h5-8H,4H2,1-3H3,(H,21,23,24). The largest absolute Gasteiger partial charge is 0.339 e. The lowest BCUT2D eigenvalue weighted by Gasteiger charge is -2.18. The topological polar surface area (TPSA) is 67.8 Å². The predicted octanol–water partition coefficient (Wildman–Crippen LogP) is 5.13. The fraction of sp³-hybridized carbons (Fsp3) is 0.235. The molecule has 5 nitrogen and oxygen atoms in total. The van der Waals surface area contributed by atoms with Crippen LogP contribution in [0.2, 0.25) is 5.28 Å². The minimum Gasteiger partial charge on any atom is -0.339 e. The summed E-state index contributed by atoms with van der Waals surface area (Å²) in [7, 11) is -2.77.